The molecule has 2 aromatic carbocycles. The first-order valence-corrected chi connectivity index (χ1v) is 10.8. The van der Waals surface area contributed by atoms with Crippen molar-refractivity contribution in [1.82, 2.24) is 0 Å². The Morgan fingerprint density at radius 2 is 1.07 bits per heavy atom. The number of hydrogen-bond donors (Lipinski definition) is 2. The molecule has 0 saturated heterocycles. The standard InChI is InChI=1S/C25H38N2/c1-5-9-19-13-14-20(23(12-8-4)25(19)27)15-18-16-21(10-6-2)24(26)22(17-18)11-7-3/h13-14,16-17H,5-12,15,26-27H2,1-4H3. The molecule has 0 atom stereocenters. The molecule has 0 aromatic heterocycles. The molecule has 2 heteroatoms. The fraction of sp³-hybridized carbons (Fsp3) is 0.520. The maximum Gasteiger partial charge on any atom is 0.0382 e. The van der Waals surface area contributed by atoms with Crippen molar-refractivity contribution >= 4 is 11.4 Å². The van der Waals surface area contributed by atoms with E-state index in [-0.39, 0.29) is 0 Å². The van der Waals surface area contributed by atoms with E-state index in [0.717, 1.165) is 69.2 Å². The topological polar surface area (TPSA) is 52.0 Å². The third-order valence-electron chi connectivity index (χ3n) is 5.41. The molecule has 148 valence electrons. The molecular formula is C25H38N2. The summed E-state index contributed by atoms with van der Waals surface area (Å²) >= 11 is 0. The summed E-state index contributed by atoms with van der Waals surface area (Å²) in [6.45, 7) is 8.89. The molecular weight excluding hydrogens is 328 g/mol. The van der Waals surface area contributed by atoms with Gasteiger partial charge in [-0.2, -0.15) is 0 Å². The molecule has 0 aliphatic heterocycles. The number of hydrogen-bond acceptors (Lipinski definition) is 2. The average molecular weight is 367 g/mol. The zero-order chi connectivity index (χ0) is 19.8. The fourth-order valence-corrected chi connectivity index (χ4v) is 4.08. The Balaban J connectivity index is 2.44. The van der Waals surface area contributed by atoms with Crippen LogP contribution in [0.1, 0.15) is 86.8 Å². The molecule has 0 aliphatic rings. The molecule has 0 bridgehead atoms. The number of anilines is 2. The second-order valence-electron chi connectivity index (χ2n) is 7.78. The van der Waals surface area contributed by atoms with Crippen molar-refractivity contribution in [3.05, 3.63) is 57.6 Å². The Morgan fingerprint density at radius 1 is 0.593 bits per heavy atom. The maximum absolute atomic E-state index is 6.57. The van der Waals surface area contributed by atoms with E-state index < -0.39 is 0 Å². The van der Waals surface area contributed by atoms with E-state index in [1.54, 1.807) is 0 Å². The molecule has 0 fully saturated rings. The van der Waals surface area contributed by atoms with E-state index in [2.05, 4.69) is 52.0 Å². The number of benzene rings is 2. The van der Waals surface area contributed by atoms with Gasteiger partial charge in [0.15, 0.2) is 0 Å². The number of rotatable bonds is 10. The maximum atomic E-state index is 6.57. The van der Waals surface area contributed by atoms with Gasteiger partial charge in [0.25, 0.3) is 0 Å². The Labute approximate surface area is 166 Å². The van der Waals surface area contributed by atoms with Gasteiger partial charge < -0.3 is 11.5 Å². The van der Waals surface area contributed by atoms with Gasteiger partial charge in [0, 0.05) is 11.4 Å². The Hall–Kier alpha value is -1.96. The number of nitrogen functional groups attached to an aromatic ring is 2. The summed E-state index contributed by atoms with van der Waals surface area (Å²) in [7, 11) is 0. The molecule has 2 rings (SSSR count). The molecule has 0 spiro atoms. The number of nitrogens with two attached hydrogens (primary N) is 2. The third-order valence-corrected chi connectivity index (χ3v) is 5.41. The summed E-state index contributed by atoms with van der Waals surface area (Å²) in [5, 5.41) is 0. The van der Waals surface area contributed by atoms with Crippen LogP contribution in [0.3, 0.4) is 0 Å². The molecule has 0 radical (unpaired) electrons. The van der Waals surface area contributed by atoms with Crippen molar-refractivity contribution < 1.29 is 0 Å². The first-order chi connectivity index (χ1) is 13.0. The predicted octanol–water partition coefficient (Wildman–Crippen LogP) is 6.25. The molecule has 0 unspecified atom stereocenters. The largest absolute Gasteiger partial charge is 0.398 e. The molecule has 2 aromatic rings. The Kier molecular flexibility index (Phi) is 8.22. The van der Waals surface area contributed by atoms with Crippen LogP contribution >= 0.6 is 0 Å². The molecule has 0 amide bonds. The fourth-order valence-electron chi connectivity index (χ4n) is 4.08. The van der Waals surface area contributed by atoms with Crippen LogP contribution in [0.4, 0.5) is 11.4 Å². The first-order valence-electron chi connectivity index (χ1n) is 10.8. The molecule has 0 heterocycles. The van der Waals surface area contributed by atoms with Crippen molar-refractivity contribution in [2.24, 2.45) is 0 Å². The Morgan fingerprint density at radius 3 is 1.59 bits per heavy atom. The first kappa shape index (κ1) is 21.3. The second-order valence-corrected chi connectivity index (χ2v) is 7.78. The van der Waals surface area contributed by atoms with Crippen molar-refractivity contribution in [3.63, 3.8) is 0 Å². The van der Waals surface area contributed by atoms with Crippen molar-refractivity contribution in [2.45, 2.75) is 85.5 Å². The molecule has 4 N–H and O–H groups in total. The van der Waals surface area contributed by atoms with E-state index in [9.17, 15) is 0 Å². The lowest BCUT2D eigenvalue weighted by Crippen LogP contribution is -2.07. The lowest BCUT2D eigenvalue weighted by atomic mass is 9.89. The summed E-state index contributed by atoms with van der Waals surface area (Å²) in [5.41, 5.74) is 23.1. The highest BCUT2D eigenvalue weighted by Crippen LogP contribution is 2.29. The van der Waals surface area contributed by atoms with Crippen LogP contribution in [0.15, 0.2) is 24.3 Å². The van der Waals surface area contributed by atoms with Gasteiger partial charge in [0.1, 0.15) is 0 Å². The van der Waals surface area contributed by atoms with Crippen molar-refractivity contribution in [2.75, 3.05) is 11.5 Å². The van der Waals surface area contributed by atoms with Gasteiger partial charge in [0.05, 0.1) is 0 Å². The van der Waals surface area contributed by atoms with E-state index in [0.29, 0.717) is 0 Å². The highest BCUT2D eigenvalue weighted by molar-refractivity contribution is 5.60. The van der Waals surface area contributed by atoms with Crippen LogP contribution in [0.5, 0.6) is 0 Å². The van der Waals surface area contributed by atoms with Crippen LogP contribution < -0.4 is 11.5 Å². The second kappa shape index (κ2) is 10.4. The summed E-state index contributed by atoms with van der Waals surface area (Å²) in [5.74, 6) is 0. The smallest absolute Gasteiger partial charge is 0.0382 e. The van der Waals surface area contributed by atoms with Crippen LogP contribution in [0.25, 0.3) is 0 Å². The van der Waals surface area contributed by atoms with Gasteiger partial charge in [-0.15, -0.1) is 0 Å². The zero-order valence-electron chi connectivity index (χ0n) is 17.8. The van der Waals surface area contributed by atoms with Crippen LogP contribution in [-0.4, -0.2) is 0 Å². The van der Waals surface area contributed by atoms with Gasteiger partial charge in [-0.3, -0.25) is 0 Å². The SMILES string of the molecule is CCCc1cc(Cc2ccc(CCC)c(N)c2CCC)cc(CCC)c1N. The van der Waals surface area contributed by atoms with Crippen LogP contribution in [0.2, 0.25) is 0 Å². The Bertz CT molecular complexity index is 719. The van der Waals surface area contributed by atoms with Gasteiger partial charge in [-0.1, -0.05) is 77.6 Å². The molecule has 27 heavy (non-hydrogen) atoms. The predicted molar refractivity (Wildman–Crippen MR) is 120 cm³/mol. The highest BCUT2D eigenvalue weighted by atomic mass is 14.6. The molecule has 0 aliphatic carbocycles. The average Bonchev–Trinajstić information content (AvgIpc) is 2.64. The van der Waals surface area contributed by atoms with Gasteiger partial charge >= 0.3 is 0 Å². The van der Waals surface area contributed by atoms with Gasteiger partial charge in [-0.05, 0) is 65.5 Å². The van der Waals surface area contributed by atoms with Crippen LogP contribution in [0, 0.1) is 0 Å². The monoisotopic (exact) mass is 366 g/mol. The molecule has 2 nitrogen and oxygen atoms in total. The van der Waals surface area contributed by atoms with Crippen LogP contribution in [-0.2, 0) is 32.1 Å². The third kappa shape index (κ3) is 5.28. The van der Waals surface area contributed by atoms with E-state index >= 15 is 0 Å². The highest BCUT2D eigenvalue weighted by Gasteiger charge is 2.13. The normalized spacial score (nSPS) is 11.1. The van der Waals surface area contributed by atoms with Gasteiger partial charge in [-0.25, -0.2) is 0 Å². The summed E-state index contributed by atoms with van der Waals surface area (Å²) < 4.78 is 0. The lowest BCUT2D eigenvalue weighted by Gasteiger charge is -2.18. The minimum Gasteiger partial charge on any atom is -0.398 e. The van der Waals surface area contributed by atoms with E-state index in [1.807, 2.05) is 0 Å². The summed E-state index contributed by atoms with van der Waals surface area (Å²) in [4.78, 5) is 0. The summed E-state index contributed by atoms with van der Waals surface area (Å²) in [6, 6.07) is 9.19. The van der Waals surface area contributed by atoms with Crippen molar-refractivity contribution in [1.29, 1.82) is 0 Å². The minimum absolute atomic E-state index is 0.944. The minimum atomic E-state index is 0.944. The summed E-state index contributed by atoms with van der Waals surface area (Å²) in [6.07, 6.45) is 9.66. The zero-order valence-corrected chi connectivity index (χ0v) is 17.8. The van der Waals surface area contributed by atoms with Crippen molar-refractivity contribution in [3.8, 4) is 0 Å². The van der Waals surface area contributed by atoms with E-state index in [4.69, 9.17) is 11.5 Å². The lowest BCUT2D eigenvalue weighted by molar-refractivity contribution is 0.881. The number of aryl methyl sites for hydroxylation is 3. The van der Waals surface area contributed by atoms with Gasteiger partial charge in [0.2, 0.25) is 0 Å². The van der Waals surface area contributed by atoms with E-state index in [1.165, 1.54) is 33.4 Å². The molecule has 0 saturated carbocycles. The quantitative estimate of drug-likeness (QED) is 0.488.